The first-order valence-electron chi connectivity index (χ1n) is 11.5. The number of anilines is 1. The first-order chi connectivity index (χ1) is 17.4. The molecule has 1 aromatic heterocycles. The molecule has 8 heteroatoms. The van der Waals surface area contributed by atoms with Gasteiger partial charge in [0, 0.05) is 55.0 Å². The van der Waals surface area contributed by atoms with E-state index in [9.17, 15) is 19.1 Å². The summed E-state index contributed by atoms with van der Waals surface area (Å²) < 4.78 is 34.0. The summed E-state index contributed by atoms with van der Waals surface area (Å²) in [6.07, 6.45) is 2.07. The first-order valence-corrected chi connectivity index (χ1v) is 11.5. The number of aromatic nitrogens is 1. The average molecular weight is 487 g/mol. The van der Waals surface area contributed by atoms with Crippen LogP contribution in [0.1, 0.15) is 12.0 Å². The van der Waals surface area contributed by atoms with Crippen molar-refractivity contribution in [2.24, 2.45) is 5.73 Å². The summed E-state index contributed by atoms with van der Waals surface area (Å²) in [5.74, 6) is -1.47. The lowest BCUT2D eigenvalue weighted by molar-refractivity contribution is 0.0731. The number of aromatic hydroxyl groups is 1. The highest BCUT2D eigenvalue weighted by Gasteiger charge is 2.29. The van der Waals surface area contributed by atoms with Crippen LogP contribution in [0.4, 0.5) is 14.5 Å². The molecule has 36 heavy (non-hydrogen) atoms. The third-order valence-electron chi connectivity index (χ3n) is 6.71. The molecule has 0 amide bonds. The number of para-hydroxylation sites is 1. The van der Waals surface area contributed by atoms with Crippen LogP contribution in [0.5, 0.6) is 5.75 Å². The van der Waals surface area contributed by atoms with Crippen molar-refractivity contribution in [1.29, 1.82) is 5.26 Å². The van der Waals surface area contributed by atoms with Crippen LogP contribution in [0.25, 0.3) is 33.2 Å². The quantitative estimate of drug-likeness (QED) is 0.423. The van der Waals surface area contributed by atoms with E-state index < -0.39 is 11.6 Å². The summed E-state index contributed by atoms with van der Waals surface area (Å²) in [6, 6.07) is 15.8. The number of nitrogens with two attached hydrogens (primary N) is 1. The molecule has 3 N–H and O–H groups in total. The number of methoxy groups -OCH3 is 1. The molecule has 5 rings (SSSR count). The fourth-order valence-electron chi connectivity index (χ4n) is 4.86. The van der Waals surface area contributed by atoms with Crippen LogP contribution in [-0.4, -0.2) is 42.4 Å². The van der Waals surface area contributed by atoms with E-state index in [-0.39, 0.29) is 23.5 Å². The Morgan fingerprint density at radius 1 is 1.08 bits per heavy atom. The fourth-order valence-corrected chi connectivity index (χ4v) is 4.86. The third-order valence-corrected chi connectivity index (χ3v) is 6.71. The minimum absolute atomic E-state index is 0.111. The molecular weight excluding hydrogens is 462 g/mol. The molecule has 0 spiro atoms. The molecule has 2 heterocycles. The maximum atomic E-state index is 14.2. The zero-order chi connectivity index (χ0) is 25.4. The Balaban J connectivity index is 1.76. The molecule has 4 aromatic rings. The number of fused-ring (bicyclic) bond motifs is 1. The Morgan fingerprint density at radius 2 is 1.86 bits per heavy atom. The van der Waals surface area contributed by atoms with E-state index in [0.717, 1.165) is 17.1 Å². The van der Waals surface area contributed by atoms with Gasteiger partial charge in [0.15, 0.2) is 0 Å². The number of phenols is 1. The van der Waals surface area contributed by atoms with E-state index in [2.05, 4.69) is 9.88 Å². The molecule has 6 nitrogen and oxygen atoms in total. The van der Waals surface area contributed by atoms with Crippen LogP contribution in [0.3, 0.4) is 0 Å². The van der Waals surface area contributed by atoms with Gasteiger partial charge in [-0.25, -0.2) is 8.78 Å². The average Bonchev–Trinajstić information content (AvgIpc) is 2.87. The van der Waals surface area contributed by atoms with E-state index >= 15 is 0 Å². The van der Waals surface area contributed by atoms with Crippen molar-refractivity contribution < 1.29 is 18.6 Å². The minimum Gasteiger partial charge on any atom is -0.506 e. The van der Waals surface area contributed by atoms with Crippen molar-refractivity contribution in [3.05, 3.63) is 78.0 Å². The van der Waals surface area contributed by atoms with Crippen LogP contribution >= 0.6 is 0 Å². The van der Waals surface area contributed by atoms with Gasteiger partial charge in [0.2, 0.25) is 0 Å². The van der Waals surface area contributed by atoms with Gasteiger partial charge in [-0.2, -0.15) is 5.26 Å². The van der Waals surface area contributed by atoms with E-state index in [1.54, 1.807) is 31.5 Å². The highest BCUT2D eigenvalue weighted by atomic mass is 19.1. The third kappa shape index (κ3) is 4.24. The molecule has 0 unspecified atom stereocenters. The van der Waals surface area contributed by atoms with Gasteiger partial charge >= 0.3 is 0 Å². The smallest absolute Gasteiger partial charge is 0.141 e. The van der Waals surface area contributed by atoms with Gasteiger partial charge in [-0.15, -0.1) is 0 Å². The molecule has 2 atom stereocenters. The summed E-state index contributed by atoms with van der Waals surface area (Å²) in [5.41, 5.74) is 9.96. The molecule has 0 bridgehead atoms. The van der Waals surface area contributed by atoms with Crippen molar-refractivity contribution >= 4 is 16.6 Å². The Morgan fingerprint density at radius 3 is 2.58 bits per heavy atom. The Labute approximate surface area is 207 Å². The lowest BCUT2D eigenvalue weighted by atomic mass is 9.94. The molecular formula is C28H24F2N4O2. The maximum absolute atomic E-state index is 14.2. The van der Waals surface area contributed by atoms with Gasteiger partial charge in [0.05, 0.1) is 22.9 Å². The van der Waals surface area contributed by atoms with E-state index in [1.165, 1.54) is 12.1 Å². The first kappa shape index (κ1) is 23.7. The zero-order valence-electron chi connectivity index (χ0n) is 19.6. The minimum atomic E-state index is -0.682. The standard InChI is InChI=1S/C28H24F2N4O2/c1-36-26-15-34(8-7-24(26)32)27-22-11-16(21-4-2-3-17(13-31)28(21)35)5-6-25(22)33-14-23(27)18-9-19(29)12-20(30)10-18/h2-6,9-12,14,24,26,35H,7-8,15,32H2,1H3/t24-,26-/m1/s1. The number of benzene rings is 3. The normalized spacial score (nSPS) is 17.8. The van der Waals surface area contributed by atoms with E-state index in [0.29, 0.717) is 47.3 Å². The Bertz CT molecular complexity index is 1480. The number of pyridine rings is 1. The Hall–Kier alpha value is -4.06. The van der Waals surface area contributed by atoms with Crippen molar-refractivity contribution in [2.45, 2.75) is 18.6 Å². The van der Waals surface area contributed by atoms with Crippen molar-refractivity contribution in [2.75, 3.05) is 25.1 Å². The van der Waals surface area contributed by atoms with Gasteiger partial charge in [-0.05, 0) is 47.9 Å². The predicted octanol–water partition coefficient (Wildman–Crippen LogP) is 4.98. The van der Waals surface area contributed by atoms with Crippen LogP contribution < -0.4 is 10.6 Å². The maximum Gasteiger partial charge on any atom is 0.141 e. The van der Waals surface area contributed by atoms with Crippen LogP contribution in [0.2, 0.25) is 0 Å². The van der Waals surface area contributed by atoms with Crippen LogP contribution in [0, 0.1) is 23.0 Å². The number of hydrogen-bond acceptors (Lipinski definition) is 6. The molecule has 3 aromatic carbocycles. The SMILES string of the molecule is CO[C@@H]1CN(c2c(-c3cc(F)cc(F)c3)cnc3ccc(-c4cccc(C#N)c4O)cc23)CC[C@H]1N. The highest BCUT2D eigenvalue weighted by molar-refractivity contribution is 6.02. The largest absolute Gasteiger partial charge is 0.506 e. The molecule has 1 aliphatic heterocycles. The fraction of sp³-hybridized carbons (Fsp3) is 0.214. The highest BCUT2D eigenvalue weighted by Crippen LogP contribution is 2.41. The number of ether oxygens (including phenoxy) is 1. The monoisotopic (exact) mass is 486 g/mol. The molecule has 1 fully saturated rings. The zero-order valence-corrected chi connectivity index (χ0v) is 19.6. The number of rotatable bonds is 4. The Kier molecular flexibility index (Phi) is 6.27. The molecule has 182 valence electrons. The van der Waals surface area contributed by atoms with Gasteiger partial charge in [0.1, 0.15) is 23.5 Å². The molecule has 0 aliphatic carbocycles. The number of halogens is 2. The number of nitriles is 1. The molecule has 1 saturated heterocycles. The summed E-state index contributed by atoms with van der Waals surface area (Å²) in [5, 5.41) is 20.7. The lowest BCUT2D eigenvalue weighted by Gasteiger charge is -2.38. The van der Waals surface area contributed by atoms with Crippen molar-refractivity contribution in [3.8, 4) is 34.1 Å². The second-order valence-electron chi connectivity index (χ2n) is 8.90. The number of hydrogen-bond donors (Lipinski definition) is 2. The second-order valence-corrected chi connectivity index (χ2v) is 8.90. The van der Waals surface area contributed by atoms with Gasteiger partial charge in [-0.3, -0.25) is 4.98 Å². The second kappa shape index (κ2) is 9.53. The van der Waals surface area contributed by atoms with E-state index in [1.807, 2.05) is 24.3 Å². The van der Waals surface area contributed by atoms with E-state index in [4.69, 9.17) is 10.5 Å². The summed E-state index contributed by atoms with van der Waals surface area (Å²) in [4.78, 5) is 6.68. The lowest BCUT2D eigenvalue weighted by Crippen LogP contribution is -2.51. The summed E-state index contributed by atoms with van der Waals surface area (Å²) >= 11 is 0. The van der Waals surface area contributed by atoms with Crippen LogP contribution in [-0.2, 0) is 4.74 Å². The molecule has 0 radical (unpaired) electrons. The molecule has 0 saturated carbocycles. The summed E-state index contributed by atoms with van der Waals surface area (Å²) in [6.45, 7) is 1.10. The van der Waals surface area contributed by atoms with Crippen molar-refractivity contribution in [3.63, 3.8) is 0 Å². The van der Waals surface area contributed by atoms with Gasteiger partial charge < -0.3 is 20.5 Å². The number of piperidine rings is 1. The number of phenolic OH excluding ortho intramolecular Hbond substituents is 1. The topological polar surface area (TPSA) is 95.4 Å². The molecule has 1 aliphatic rings. The van der Waals surface area contributed by atoms with Crippen LogP contribution in [0.15, 0.2) is 60.8 Å². The van der Waals surface area contributed by atoms with Gasteiger partial charge in [0.25, 0.3) is 0 Å². The van der Waals surface area contributed by atoms with Crippen molar-refractivity contribution in [1.82, 2.24) is 4.98 Å². The van der Waals surface area contributed by atoms with Gasteiger partial charge in [-0.1, -0.05) is 18.2 Å². The summed E-state index contributed by atoms with van der Waals surface area (Å²) in [7, 11) is 1.62. The predicted molar refractivity (Wildman–Crippen MR) is 135 cm³/mol. The number of nitrogens with zero attached hydrogens (tertiary/aromatic N) is 3.